The Labute approximate surface area is 196 Å². The van der Waals surface area contributed by atoms with Crippen molar-refractivity contribution < 1.29 is 24.2 Å². The van der Waals surface area contributed by atoms with E-state index in [4.69, 9.17) is 4.74 Å². The quantitative estimate of drug-likeness (QED) is 0.578. The predicted octanol–water partition coefficient (Wildman–Crippen LogP) is 1.20. The molecule has 0 bridgehead atoms. The summed E-state index contributed by atoms with van der Waals surface area (Å²) >= 11 is 0. The number of likely N-dealkylation sites (tertiary alicyclic amines) is 1. The largest absolute Gasteiger partial charge is 0.394 e. The van der Waals surface area contributed by atoms with E-state index < -0.39 is 35.6 Å². The number of hydrogen-bond acceptors (Lipinski definition) is 5. The van der Waals surface area contributed by atoms with E-state index >= 15 is 0 Å². The van der Waals surface area contributed by atoms with Crippen molar-refractivity contribution in [2.75, 3.05) is 33.3 Å². The number of amides is 3. The highest BCUT2D eigenvalue weighted by atomic mass is 16.5. The number of aliphatic hydroxyl groups is 1. The standard InChI is InChI=1S/C25H37N3O5/c1-5-6-12-27-13-8-10-25-20(19-18(33-25)9-7-11-26(4)22(19)30)23(31)28(21(25)24(27)32)17(15-29)14-16(2)3/h7-10,16-21,29H,5-6,11-15H2,1-4H3/t17-,18+,19-,20+,21?,25+/m1/s1. The Morgan fingerprint density at radius 1 is 1.15 bits per heavy atom. The number of aliphatic hydroxyl groups excluding tert-OH is 1. The van der Waals surface area contributed by atoms with Crippen molar-refractivity contribution in [1.82, 2.24) is 14.7 Å². The Bertz CT molecular complexity index is 855. The smallest absolute Gasteiger partial charge is 0.249 e. The first-order valence-electron chi connectivity index (χ1n) is 12.3. The molecule has 0 radical (unpaired) electrons. The van der Waals surface area contributed by atoms with Gasteiger partial charge in [0, 0.05) is 26.7 Å². The summed E-state index contributed by atoms with van der Waals surface area (Å²) in [6.07, 6.45) is 9.36. The highest BCUT2D eigenvalue weighted by Gasteiger charge is 2.72. The number of likely N-dealkylation sites (N-methyl/N-ethyl adjacent to an activating group) is 1. The highest BCUT2D eigenvalue weighted by molar-refractivity contribution is 6.00. The molecule has 182 valence electrons. The first kappa shape index (κ1) is 24.0. The number of hydrogen-bond donors (Lipinski definition) is 1. The van der Waals surface area contributed by atoms with Crippen LogP contribution in [-0.2, 0) is 19.1 Å². The van der Waals surface area contributed by atoms with Crippen LogP contribution in [0.4, 0.5) is 0 Å². The summed E-state index contributed by atoms with van der Waals surface area (Å²) in [5.41, 5.74) is -1.22. The van der Waals surface area contributed by atoms with Gasteiger partial charge in [-0.2, -0.15) is 0 Å². The number of unbranched alkanes of at least 4 members (excludes halogenated alkanes) is 1. The van der Waals surface area contributed by atoms with Gasteiger partial charge in [-0.05, 0) is 18.8 Å². The van der Waals surface area contributed by atoms with E-state index in [0.29, 0.717) is 26.1 Å². The van der Waals surface area contributed by atoms with E-state index in [-0.39, 0.29) is 30.2 Å². The van der Waals surface area contributed by atoms with Gasteiger partial charge >= 0.3 is 0 Å². The van der Waals surface area contributed by atoms with Gasteiger partial charge in [0.2, 0.25) is 17.7 Å². The van der Waals surface area contributed by atoms with Gasteiger partial charge < -0.3 is 24.5 Å². The fourth-order valence-electron chi connectivity index (χ4n) is 6.01. The van der Waals surface area contributed by atoms with E-state index in [0.717, 1.165) is 12.8 Å². The zero-order chi connectivity index (χ0) is 23.9. The normalized spacial score (nSPS) is 34.5. The van der Waals surface area contributed by atoms with Gasteiger partial charge in [0.15, 0.2) is 0 Å². The third kappa shape index (κ3) is 3.81. The number of carbonyl (C=O) groups excluding carboxylic acids is 3. The molecule has 33 heavy (non-hydrogen) atoms. The molecule has 4 heterocycles. The van der Waals surface area contributed by atoms with Crippen LogP contribution in [0, 0.1) is 17.8 Å². The number of nitrogens with zero attached hydrogens (tertiary/aromatic N) is 3. The number of carbonyl (C=O) groups is 3. The minimum Gasteiger partial charge on any atom is -0.394 e. The van der Waals surface area contributed by atoms with Gasteiger partial charge in [-0.15, -0.1) is 0 Å². The van der Waals surface area contributed by atoms with Crippen LogP contribution in [-0.4, -0.2) is 94.6 Å². The Balaban J connectivity index is 1.83. The zero-order valence-corrected chi connectivity index (χ0v) is 20.1. The fourth-order valence-corrected chi connectivity index (χ4v) is 6.01. The molecule has 1 N–H and O–H groups in total. The van der Waals surface area contributed by atoms with Crippen molar-refractivity contribution in [3.8, 4) is 0 Å². The van der Waals surface area contributed by atoms with E-state index in [1.165, 1.54) is 0 Å². The van der Waals surface area contributed by atoms with Crippen LogP contribution in [0.5, 0.6) is 0 Å². The molecule has 6 atom stereocenters. The van der Waals surface area contributed by atoms with Gasteiger partial charge in [-0.25, -0.2) is 0 Å². The molecule has 2 fully saturated rings. The number of fused-ring (bicyclic) bond motifs is 2. The summed E-state index contributed by atoms with van der Waals surface area (Å²) in [6.45, 7) is 7.41. The Kier molecular flexibility index (Phi) is 6.69. The van der Waals surface area contributed by atoms with Crippen LogP contribution < -0.4 is 0 Å². The van der Waals surface area contributed by atoms with E-state index in [2.05, 4.69) is 6.92 Å². The molecule has 8 nitrogen and oxygen atoms in total. The van der Waals surface area contributed by atoms with E-state index in [1.807, 2.05) is 38.2 Å². The molecule has 0 aromatic carbocycles. The van der Waals surface area contributed by atoms with Gasteiger partial charge in [0.05, 0.1) is 30.6 Å². The minimum atomic E-state index is -1.22. The van der Waals surface area contributed by atoms with Gasteiger partial charge in [0.1, 0.15) is 11.6 Å². The summed E-state index contributed by atoms with van der Waals surface area (Å²) in [5.74, 6) is -1.82. The molecule has 2 saturated heterocycles. The Morgan fingerprint density at radius 2 is 1.91 bits per heavy atom. The lowest BCUT2D eigenvalue weighted by atomic mass is 9.77. The van der Waals surface area contributed by atoms with Crippen molar-refractivity contribution in [2.24, 2.45) is 17.8 Å². The van der Waals surface area contributed by atoms with Crippen molar-refractivity contribution in [2.45, 2.75) is 63.8 Å². The van der Waals surface area contributed by atoms with Gasteiger partial charge in [-0.3, -0.25) is 14.4 Å². The van der Waals surface area contributed by atoms with Crippen molar-refractivity contribution in [1.29, 1.82) is 0 Å². The second-order valence-electron chi connectivity index (χ2n) is 10.2. The zero-order valence-electron chi connectivity index (χ0n) is 20.1. The molecule has 3 amide bonds. The van der Waals surface area contributed by atoms with Crippen molar-refractivity contribution in [3.63, 3.8) is 0 Å². The van der Waals surface area contributed by atoms with Crippen LogP contribution in [0.2, 0.25) is 0 Å². The molecule has 0 saturated carbocycles. The van der Waals surface area contributed by atoms with Crippen molar-refractivity contribution in [3.05, 3.63) is 24.3 Å². The number of ether oxygens (including phenoxy) is 1. The SMILES string of the molecule is CCCCN1CC=C[C@]23O[C@H]4C=CCN(C)C(=O)[C@H]4[C@H]2C(=O)N([C@@H](CO)CC(C)C)C3C1=O. The molecule has 0 aromatic heterocycles. The maximum Gasteiger partial charge on any atom is 0.249 e. The summed E-state index contributed by atoms with van der Waals surface area (Å²) in [5, 5.41) is 10.3. The van der Waals surface area contributed by atoms with Crippen LogP contribution in [0.15, 0.2) is 24.3 Å². The van der Waals surface area contributed by atoms with Gasteiger partial charge in [0.25, 0.3) is 0 Å². The van der Waals surface area contributed by atoms with Crippen LogP contribution in [0.25, 0.3) is 0 Å². The predicted molar refractivity (Wildman–Crippen MR) is 123 cm³/mol. The van der Waals surface area contributed by atoms with E-state index in [9.17, 15) is 19.5 Å². The molecule has 4 aliphatic heterocycles. The van der Waals surface area contributed by atoms with Crippen molar-refractivity contribution >= 4 is 17.7 Å². The summed E-state index contributed by atoms with van der Waals surface area (Å²) in [7, 11) is 1.73. The lowest BCUT2D eigenvalue weighted by molar-refractivity contribution is -0.151. The molecule has 0 aliphatic carbocycles. The first-order chi connectivity index (χ1) is 15.8. The monoisotopic (exact) mass is 459 g/mol. The average Bonchev–Trinajstić information content (AvgIpc) is 3.11. The molecule has 0 aromatic rings. The van der Waals surface area contributed by atoms with Gasteiger partial charge in [-0.1, -0.05) is 51.5 Å². The maximum absolute atomic E-state index is 14.1. The molecule has 1 spiro atoms. The van der Waals surface area contributed by atoms with Crippen LogP contribution in [0.3, 0.4) is 0 Å². The highest BCUT2D eigenvalue weighted by Crippen LogP contribution is 2.54. The van der Waals surface area contributed by atoms with E-state index in [1.54, 1.807) is 21.7 Å². The lowest BCUT2D eigenvalue weighted by Gasteiger charge is -2.39. The third-order valence-corrected chi connectivity index (χ3v) is 7.51. The van der Waals surface area contributed by atoms with Crippen LogP contribution in [0.1, 0.15) is 40.0 Å². The Hall–Kier alpha value is -2.19. The molecular formula is C25H37N3O5. The second-order valence-corrected chi connectivity index (χ2v) is 10.2. The molecule has 1 unspecified atom stereocenters. The Morgan fingerprint density at radius 3 is 2.58 bits per heavy atom. The topological polar surface area (TPSA) is 90.4 Å². The fraction of sp³-hybridized carbons (Fsp3) is 0.720. The maximum atomic E-state index is 14.1. The molecule has 4 rings (SSSR count). The molecular weight excluding hydrogens is 422 g/mol. The third-order valence-electron chi connectivity index (χ3n) is 7.51. The lowest BCUT2D eigenvalue weighted by Crippen LogP contribution is -2.58. The molecule has 4 aliphatic rings. The van der Waals surface area contributed by atoms with Crippen LogP contribution >= 0.6 is 0 Å². The minimum absolute atomic E-state index is 0.141. The summed E-state index contributed by atoms with van der Waals surface area (Å²) in [4.78, 5) is 46.3. The average molecular weight is 460 g/mol. The molecule has 8 heteroatoms. The first-order valence-corrected chi connectivity index (χ1v) is 12.3. The number of rotatable bonds is 7. The summed E-state index contributed by atoms with van der Waals surface area (Å²) in [6, 6.07) is -1.40. The summed E-state index contributed by atoms with van der Waals surface area (Å²) < 4.78 is 6.57. The second kappa shape index (κ2) is 9.22.